The van der Waals surface area contributed by atoms with Crippen LogP contribution in [0, 0.1) is 5.41 Å². The van der Waals surface area contributed by atoms with Crippen LogP contribution in [0.2, 0.25) is 0 Å². The van der Waals surface area contributed by atoms with Gasteiger partial charge >= 0.3 is 6.09 Å². The molecule has 0 aliphatic carbocycles. The van der Waals surface area contributed by atoms with Crippen molar-refractivity contribution >= 4 is 30.2 Å². The van der Waals surface area contributed by atoms with E-state index >= 15 is 0 Å². The standard InChI is InChI=1S/C27H35N5O4/c1-6-36-26(34)32-14-11-19-16-23(35-5)22(15-20(19)18-32)25(33)31-24-10-7-9-21(30-24)17-29-28-13-8-12-27(2,3)4/h7,9-10,13,15-17H,6,8,11-12,14,18H2,1-5H3,(H,30,31,33)/b28-13+,29-17+. The number of amides is 2. The van der Waals surface area contributed by atoms with Crippen LogP contribution in [-0.2, 0) is 17.7 Å². The van der Waals surface area contributed by atoms with Gasteiger partial charge in [0.05, 0.1) is 31.2 Å². The molecule has 0 fully saturated rings. The van der Waals surface area contributed by atoms with Gasteiger partial charge in [-0.1, -0.05) is 26.8 Å². The van der Waals surface area contributed by atoms with Crippen molar-refractivity contribution in [1.29, 1.82) is 0 Å². The SMILES string of the molecule is CCOC(=O)N1CCc2cc(OC)c(C(=O)Nc3cccc(/C=N/N=C/CCC(C)(C)C)n3)cc2C1. The zero-order chi connectivity index (χ0) is 26.1. The Kier molecular flexibility index (Phi) is 9.16. The van der Waals surface area contributed by atoms with Crippen LogP contribution in [-0.4, -0.2) is 54.6 Å². The average molecular weight is 494 g/mol. The summed E-state index contributed by atoms with van der Waals surface area (Å²) in [5, 5.41) is 10.9. The van der Waals surface area contributed by atoms with Crippen molar-refractivity contribution in [2.75, 3.05) is 25.6 Å². The summed E-state index contributed by atoms with van der Waals surface area (Å²) in [4.78, 5) is 31.4. The summed E-state index contributed by atoms with van der Waals surface area (Å²) >= 11 is 0. The van der Waals surface area contributed by atoms with Gasteiger partial charge in [0, 0.05) is 19.3 Å². The van der Waals surface area contributed by atoms with Crippen molar-refractivity contribution < 1.29 is 19.1 Å². The van der Waals surface area contributed by atoms with Crippen LogP contribution < -0.4 is 10.1 Å². The number of ether oxygens (including phenoxy) is 2. The van der Waals surface area contributed by atoms with Crippen molar-refractivity contribution in [3.8, 4) is 5.75 Å². The number of methoxy groups -OCH3 is 1. The number of carbonyl (C=O) groups excluding carboxylic acids is 2. The van der Waals surface area contributed by atoms with E-state index in [-0.39, 0.29) is 17.4 Å². The van der Waals surface area contributed by atoms with Crippen LogP contribution in [0.25, 0.3) is 0 Å². The highest BCUT2D eigenvalue weighted by Gasteiger charge is 2.25. The first-order valence-electron chi connectivity index (χ1n) is 12.1. The second-order valence-corrected chi connectivity index (χ2v) is 9.74. The van der Waals surface area contributed by atoms with Crippen LogP contribution in [0.3, 0.4) is 0 Å². The molecule has 36 heavy (non-hydrogen) atoms. The minimum absolute atomic E-state index is 0.255. The topological polar surface area (TPSA) is 105 Å². The van der Waals surface area contributed by atoms with Gasteiger partial charge in [0.25, 0.3) is 5.91 Å². The van der Waals surface area contributed by atoms with Gasteiger partial charge in [0.1, 0.15) is 11.6 Å². The monoisotopic (exact) mass is 493 g/mol. The molecule has 0 radical (unpaired) electrons. The Morgan fingerprint density at radius 1 is 1.19 bits per heavy atom. The van der Waals surface area contributed by atoms with Gasteiger partial charge in [0.2, 0.25) is 0 Å². The minimum Gasteiger partial charge on any atom is -0.496 e. The highest BCUT2D eigenvalue weighted by Crippen LogP contribution is 2.29. The van der Waals surface area contributed by atoms with Crippen molar-refractivity contribution in [3.05, 3.63) is 52.7 Å². The number of pyridine rings is 1. The molecule has 2 heterocycles. The molecule has 1 N–H and O–H groups in total. The van der Waals surface area contributed by atoms with Crippen molar-refractivity contribution in [3.63, 3.8) is 0 Å². The number of nitrogens with zero attached hydrogens (tertiary/aromatic N) is 4. The highest BCUT2D eigenvalue weighted by molar-refractivity contribution is 6.06. The van der Waals surface area contributed by atoms with E-state index in [1.807, 2.05) is 6.07 Å². The van der Waals surface area contributed by atoms with Crippen molar-refractivity contribution in [2.24, 2.45) is 15.6 Å². The normalized spacial score (nSPS) is 13.6. The first-order chi connectivity index (χ1) is 17.2. The van der Waals surface area contributed by atoms with E-state index in [4.69, 9.17) is 9.47 Å². The largest absolute Gasteiger partial charge is 0.496 e. The van der Waals surface area contributed by atoms with Crippen LogP contribution in [0.4, 0.5) is 10.6 Å². The van der Waals surface area contributed by atoms with Gasteiger partial charge in [-0.15, -0.1) is 0 Å². The summed E-state index contributed by atoms with van der Waals surface area (Å²) in [6.45, 7) is 9.58. The molecule has 9 heteroatoms. The molecule has 2 aromatic rings. The average Bonchev–Trinajstić information content (AvgIpc) is 2.84. The van der Waals surface area contributed by atoms with E-state index in [1.165, 1.54) is 7.11 Å². The number of hydrogen-bond acceptors (Lipinski definition) is 7. The van der Waals surface area contributed by atoms with E-state index in [0.29, 0.717) is 48.9 Å². The first-order valence-corrected chi connectivity index (χ1v) is 12.1. The Labute approximate surface area is 212 Å². The van der Waals surface area contributed by atoms with Gasteiger partial charge in [-0.2, -0.15) is 10.2 Å². The second kappa shape index (κ2) is 12.3. The van der Waals surface area contributed by atoms with Gasteiger partial charge in [-0.05, 0) is 67.0 Å². The number of aromatic nitrogens is 1. The van der Waals surface area contributed by atoms with Gasteiger partial charge < -0.3 is 19.7 Å². The fourth-order valence-electron chi connectivity index (χ4n) is 3.78. The number of anilines is 1. The Morgan fingerprint density at radius 2 is 2.00 bits per heavy atom. The molecular formula is C27H35N5O4. The van der Waals surface area contributed by atoms with Crippen LogP contribution >= 0.6 is 0 Å². The summed E-state index contributed by atoms with van der Waals surface area (Å²) in [5.74, 6) is 0.497. The molecule has 1 aliphatic heterocycles. The van der Waals surface area contributed by atoms with Gasteiger partial charge in [-0.25, -0.2) is 9.78 Å². The lowest BCUT2D eigenvalue weighted by atomic mass is 9.91. The molecule has 3 rings (SSSR count). The lowest BCUT2D eigenvalue weighted by molar-refractivity contribution is 0.102. The fourth-order valence-corrected chi connectivity index (χ4v) is 3.78. The summed E-state index contributed by atoms with van der Waals surface area (Å²) in [6.07, 6.45) is 5.52. The molecule has 0 spiro atoms. The number of hydrogen-bond donors (Lipinski definition) is 1. The van der Waals surface area contributed by atoms with Crippen LogP contribution in [0.15, 0.2) is 40.5 Å². The third-order valence-corrected chi connectivity index (χ3v) is 5.68. The number of carbonyl (C=O) groups is 2. The quantitative estimate of drug-likeness (QED) is 0.407. The maximum absolute atomic E-state index is 13.1. The predicted octanol–water partition coefficient (Wildman–Crippen LogP) is 5.09. The molecule has 0 saturated heterocycles. The molecule has 1 aromatic carbocycles. The number of nitrogens with one attached hydrogen (secondary N) is 1. The molecule has 9 nitrogen and oxygen atoms in total. The number of rotatable bonds is 8. The van der Waals surface area contributed by atoms with E-state index in [2.05, 4.69) is 41.3 Å². The summed E-state index contributed by atoms with van der Waals surface area (Å²) in [6, 6.07) is 8.91. The lowest BCUT2D eigenvalue weighted by Crippen LogP contribution is -2.36. The van der Waals surface area contributed by atoms with Crippen LogP contribution in [0.1, 0.15) is 67.7 Å². The molecule has 192 valence electrons. The predicted molar refractivity (Wildman–Crippen MR) is 141 cm³/mol. The second-order valence-electron chi connectivity index (χ2n) is 9.74. The van der Waals surface area contributed by atoms with Crippen molar-refractivity contribution in [2.45, 2.75) is 53.5 Å². The zero-order valence-corrected chi connectivity index (χ0v) is 21.7. The maximum atomic E-state index is 13.1. The summed E-state index contributed by atoms with van der Waals surface area (Å²) in [5.41, 5.74) is 3.13. The Balaban J connectivity index is 1.70. The summed E-state index contributed by atoms with van der Waals surface area (Å²) < 4.78 is 10.6. The van der Waals surface area contributed by atoms with E-state index < -0.39 is 0 Å². The number of benzene rings is 1. The molecule has 0 bridgehead atoms. The molecule has 0 saturated carbocycles. The summed E-state index contributed by atoms with van der Waals surface area (Å²) in [7, 11) is 1.53. The fraction of sp³-hybridized carbons (Fsp3) is 0.444. The minimum atomic E-state index is -0.357. The molecule has 1 aliphatic rings. The first kappa shape index (κ1) is 26.8. The molecule has 0 atom stereocenters. The highest BCUT2D eigenvalue weighted by atomic mass is 16.6. The molecular weight excluding hydrogens is 458 g/mol. The number of fused-ring (bicyclic) bond motifs is 1. The lowest BCUT2D eigenvalue weighted by Gasteiger charge is -2.28. The maximum Gasteiger partial charge on any atom is 0.410 e. The Morgan fingerprint density at radius 3 is 2.72 bits per heavy atom. The van der Waals surface area contributed by atoms with E-state index in [1.54, 1.807) is 48.5 Å². The third-order valence-electron chi connectivity index (χ3n) is 5.68. The van der Waals surface area contributed by atoms with Gasteiger partial charge in [0.15, 0.2) is 0 Å². The van der Waals surface area contributed by atoms with E-state index in [9.17, 15) is 9.59 Å². The Hall–Kier alpha value is -3.75. The van der Waals surface area contributed by atoms with Crippen molar-refractivity contribution in [1.82, 2.24) is 9.88 Å². The molecule has 0 unspecified atom stereocenters. The van der Waals surface area contributed by atoms with Crippen LogP contribution in [0.5, 0.6) is 5.75 Å². The third kappa shape index (κ3) is 7.63. The molecule has 2 amide bonds. The zero-order valence-electron chi connectivity index (χ0n) is 21.7. The Bertz CT molecular complexity index is 1140. The molecule has 1 aromatic heterocycles. The smallest absolute Gasteiger partial charge is 0.410 e. The van der Waals surface area contributed by atoms with E-state index in [0.717, 1.165) is 24.0 Å². The van der Waals surface area contributed by atoms with Gasteiger partial charge in [-0.3, -0.25) is 4.79 Å².